The van der Waals surface area contributed by atoms with E-state index in [1.165, 1.54) is 18.6 Å². The lowest BCUT2D eigenvalue weighted by Crippen LogP contribution is -2.35. The van der Waals surface area contributed by atoms with E-state index in [4.69, 9.17) is 4.74 Å². The van der Waals surface area contributed by atoms with Crippen molar-refractivity contribution in [1.29, 1.82) is 0 Å². The molecule has 26 heavy (non-hydrogen) atoms. The van der Waals surface area contributed by atoms with Crippen molar-refractivity contribution >= 4 is 32.4 Å². The van der Waals surface area contributed by atoms with Gasteiger partial charge in [0, 0.05) is 36.2 Å². The Morgan fingerprint density at radius 3 is 2.69 bits per heavy atom. The third-order valence-electron chi connectivity index (χ3n) is 4.73. The summed E-state index contributed by atoms with van der Waals surface area (Å²) < 4.78 is 37.4. The van der Waals surface area contributed by atoms with Gasteiger partial charge in [0.2, 0.25) is 15.2 Å². The van der Waals surface area contributed by atoms with Gasteiger partial charge in [-0.05, 0) is 43.9 Å². The summed E-state index contributed by atoms with van der Waals surface area (Å²) in [5.74, 6) is 1.73. The summed E-state index contributed by atoms with van der Waals surface area (Å²) in [5, 5.41) is 3.86. The van der Waals surface area contributed by atoms with Gasteiger partial charge < -0.3 is 10.1 Å². The van der Waals surface area contributed by atoms with Crippen molar-refractivity contribution in [1.82, 2.24) is 13.7 Å². The van der Waals surface area contributed by atoms with Gasteiger partial charge in [0.25, 0.3) is 0 Å². The number of hydrogen-bond donors (Lipinski definition) is 1. The Morgan fingerprint density at radius 2 is 2.00 bits per heavy atom. The fourth-order valence-corrected chi connectivity index (χ4v) is 5.48. The summed E-state index contributed by atoms with van der Waals surface area (Å²) in [5.41, 5.74) is 0.667. The highest BCUT2D eigenvalue weighted by Crippen LogP contribution is 2.40. The molecule has 2 aliphatic rings. The van der Waals surface area contributed by atoms with Crippen LogP contribution in [-0.4, -0.2) is 42.3 Å². The molecule has 0 radical (unpaired) electrons. The van der Waals surface area contributed by atoms with Crippen molar-refractivity contribution in [3.8, 4) is 5.75 Å². The van der Waals surface area contributed by atoms with Crippen molar-refractivity contribution in [3.63, 3.8) is 0 Å². The maximum atomic E-state index is 13.1. The highest BCUT2D eigenvalue weighted by Gasteiger charge is 2.30. The predicted molar refractivity (Wildman–Crippen MR) is 101 cm³/mol. The van der Waals surface area contributed by atoms with Crippen molar-refractivity contribution < 1.29 is 13.2 Å². The van der Waals surface area contributed by atoms with Crippen LogP contribution in [-0.2, 0) is 10.0 Å². The standard InChI is InChI=1S/C17H22N4O3S2/c1-24-14-8-7-13(18-17-19-16(20-25-17)12-5-6-12)11-15(14)26(22,23)21-9-3-2-4-10-21/h7-8,11-12H,2-6,9-10H2,1H3,(H,18,19,20). The number of hydrogen-bond acceptors (Lipinski definition) is 7. The lowest BCUT2D eigenvalue weighted by Gasteiger charge is -2.26. The van der Waals surface area contributed by atoms with Gasteiger partial charge in [0.1, 0.15) is 16.5 Å². The van der Waals surface area contributed by atoms with Crippen LogP contribution in [0.1, 0.15) is 43.8 Å². The minimum atomic E-state index is -3.58. The average Bonchev–Trinajstić information content (AvgIpc) is 3.42. The van der Waals surface area contributed by atoms with Crippen LogP contribution < -0.4 is 10.1 Å². The molecule has 1 aliphatic carbocycles. The molecule has 2 aromatic rings. The molecule has 4 rings (SSSR count). The number of aromatic nitrogens is 2. The molecular weight excluding hydrogens is 372 g/mol. The van der Waals surface area contributed by atoms with Crippen molar-refractivity contribution in [3.05, 3.63) is 24.0 Å². The van der Waals surface area contributed by atoms with Crippen LogP contribution in [0.3, 0.4) is 0 Å². The minimum Gasteiger partial charge on any atom is -0.495 e. The molecule has 1 saturated heterocycles. The van der Waals surface area contributed by atoms with Crippen molar-refractivity contribution in [2.45, 2.75) is 42.9 Å². The Bertz CT molecular complexity index is 887. The topological polar surface area (TPSA) is 84.4 Å². The van der Waals surface area contributed by atoms with Crippen LogP contribution in [0.25, 0.3) is 0 Å². The number of nitrogens with zero attached hydrogens (tertiary/aromatic N) is 3. The Morgan fingerprint density at radius 1 is 1.23 bits per heavy atom. The number of piperidine rings is 1. The molecule has 0 amide bonds. The lowest BCUT2D eigenvalue weighted by atomic mass is 10.2. The van der Waals surface area contributed by atoms with E-state index >= 15 is 0 Å². The zero-order valence-electron chi connectivity index (χ0n) is 14.6. The molecule has 1 N–H and O–H groups in total. The maximum absolute atomic E-state index is 13.1. The minimum absolute atomic E-state index is 0.193. The summed E-state index contributed by atoms with van der Waals surface area (Å²) in [6.45, 7) is 1.12. The molecule has 0 bridgehead atoms. The molecule has 7 nitrogen and oxygen atoms in total. The van der Waals surface area contributed by atoms with Gasteiger partial charge in [-0.15, -0.1) is 0 Å². The first kappa shape index (κ1) is 17.7. The Hall–Kier alpha value is -1.71. The van der Waals surface area contributed by atoms with Gasteiger partial charge >= 0.3 is 0 Å². The van der Waals surface area contributed by atoms with Crippen LogP contribution in [0.4, 0.5) is 10.8 Å². The maximum Gasteiger partial charge on any atom is 0.246 e. The van der Waals surface area contributed by atoms with E-state index in [0.717, 1.165) is 37.9 Å². The van der Waals surface area contributed by atoms with Crippen LogP contribution >= 0.6 is 11.5 Å². The van der Waals surface area contributed by atoms with Gasteiger partial charge in [-0.1, -0.05) is 6.42 Å². The van der Waals surface area contributed by atoms with Gasteiger partial charge in [-0.3, -0.25) is 0 Å². The number of rotatable bonds is 6. The molecule has 0 spiro atoms. The van der Waals surface area contributed by atoms with Gasteiger partial charge in [0.05, 0.1) is 7.11 Å². The number of anilines is 2. The Labute approximate surface area is 157 Å². The summed E-state index contributed by atoms with van der Waals surface area (Å²) in [6, 6.07) is 5.11. The van der Waals surface area contributed by atoms with Crippen molar-refractivity contribution in [2.24, 2.45) is 0 Å². The average molecular weight is 395 g/mol. The monoisotopic (exact) mass is 394 g/mol. The highest BCUT2D eigenvalue weighted by molar-refractivity contribution is 7.89. The summed E-state index contributed by atoms with van der Waals surface area (Å²) in [7, 11) is -2.09. The molecule has 0 unspecified atom stereocenters. The van der Waals surface area contributed by atoms with Crippen LogP contribution in [0.2, 0.25) is 0 Å². The first-order valence-corrected chi connectivity index (χ1v) is 11.1. The third-order valence-corrected chi connectivity index (χ3v) is 7.30. The van der Waals surface area contributed by atoms with Gasteiger partial charge in [-0.2, -0.15) is 8.68 Å². The molecule has 0 atom stereocenters. The summed E-state index contributed by atoms with van der Waals surface area (Å²) in [6.07, 6.45) is 5.17. The number of ether oxygens (including phenoxy) is 1. The first-order chi connectivity index (χ1) is 12.6. The third kappa shape index (κ3) is 3.56. The summed E-state index contributed by atoms with van der Waals surface area (Å²) in [4.78, 5) is 4.69. The van der Waals surface area contributed by atoms with Crippen molar-refractivity contribution in [2.75, 3.05) is 25.5 Å². The number of methoxy groups -OCH3 is 1. The van der Waals surface area contributed by atoms with E-state index < -0.39 is 10.0 Å². The second-order valence-electron chi connectivity index (χ2n) is 6.69. The molecule has 2 heterocycles. The Kier molecular flexibility index (Phi) is 4.85. The molecule has 1 aliphatic heterocycles. The van der Waals surface area contributed by atoms with Gasteiger partial charge in [0.15, 0.2) is 0 Å². The molecule has 9 heteroatoms. The molecule has 1 aromatic heterocycles. The first-order valence-electron chi connectivity index (χ1n) is 8.87. The van der Waals surface area contributed by atoms with E-state index in [-0.39, 0.29) is 4.90 Å². The molecule has 1 saturated carbocycles. The number of nitrogens with one attached hydrogen (secondary N) is 1. The van der Waals surface area contributed by atoms with Crippen LogP contribution in [0, 0.1) is 0 Å². The van der Waals surface area contributed by atoms with Crippen LogP contribution in [0.15, 0.2) is 23.1 Å². The molecule has 1 aromatic carbocycles. The van der Waals surface area contributed by atoms with E-state index in [0.29, 0.717) is 35.6 Å². The second kappa shape index (κ2) is 7.13. The molecule has 140 valence electrons. The largest absolute Gasteiger partial charge is 0.495 e. The fourth-order valence-electron chi connectivity index (χ4n) is 3.12. The second-order valence-corrected chi connectivity index (χ2v) is 9.35. The molecular formula is C17H22N4O3S2. The SMILES string of the molecule is COc1ccc(Nc2nc(C3CC3)ns2)cc1S(=O)(=O)N1CCCCC1. The predicted octanol–water partition coefficient (Wildman–Crippen LogP) is 3.34. The Balaban J connectivity index is 1.61. The van der Waals surface area contributed by atoms with E-state index in [1.807, 2.05) is 0 Å². The zero-order valence-corrected chi connectivity index (χ0v) is 16.3. The number of sulfonamides is 1. The zero-order chi connectivity index (χ0) is 18.1. The van der Waals surface area contributed by atoms with Gasteiger partial charge in [-0.25, -0.2) is 13.4 Å². The van der Waals surface area contributed by atoms with E-state index in [2.05, 4.69) is 14.7 Å². The lowest BCUT2D eigenvalue weighted by molar-refractivity contribution is 0.343. The molecule has 2 fully saturated rings. The van der Waals surface area contributed by atoms with Crippen LogP contribution in [0.5, 0.6) is 5.75 Å². The highest BCUT2D eigenvalue weighted by atomic mass is 32.2. The normalized spacial score (nSPS) is 18.7. The smallest absolute Gasteiger partial charge is 0.246 e. The van der Waals surface area contributed by atoms with E-state index in [1.54, 1.807) is 22.5 Å². The fraction of sp³-hybridized carbons (Fsp3) is 0.529. The summed E-state index contributed by atoms with van der Waals surface area (Å²) >= 11 is 1.30. The quantitative estimate of drug-likeness (QED) is 0.809. The van der Waals surface area contributed by atoms with E-state index in [9.17, 15) is 8.42 Å². The number of benzene rings is 1.